The van der Waals surface area contributed by atoms with Crippen molar-refractivity contribution in [2.45, 2.75) is 51.7 Å². The van der Waals surface area contributed by atoms with E-state index in [0.29, 0.717) is 12.6 Å². The second-order valence-electron chi connectivity index (χ2n) is 6.62. The van der Waals surface area contributed by atoms with Gasteiger partial charge in [0.2, 0.25) is 5.91 Å². The Morgan fingerprint density at radius 1 is 1.28 bits per heavy atom. The molecule has 1 amide bonds. The fourth-order valence-corrected chi connectivity index (χ4v) is 3.50. The van der Waals surface area contributed by atoms with E-state index in [4.69, 9.17) is 0 Å². The van der Waals surface area contributed by atoms with Crippen molar-refractivity contribution < 1.29 is 4.79 Å². The van der Waals surface area contributed by atoms with Crippen LogP contribution >= 0.6 is 0 Å². The summed E-state index contributed by atoms with van der Waals surface area (Å²) in [5.74, 6) is -0.0922. The Balaban J connectivity index is 1.37. The Bertz CT molecular complexity index is 890. The fraction of sp³-hybridized carbons (Fsp3) is 0.444. The van der Waals surface area contributed by atoms with Gasteiger partial charge in [0.15, 0.2) is 5.65 Å². The van der Waals surface area contributed by atoms with E-state index in [-0.39, 0.29) is 12.5 Å². The van der Waals surface area contributed by atoms with Gasteiger partial charge in [-0.25, -0.2) is 9.67 Å². The van der Waals surface area contributed by atoms with E-state index < -0.39 is 0 Å². The predicted molar refractivity (Wildman–Crippen MR) is 93.8 cm³/mol. The molecule has 1 N–H and O–H groups in total. The summed E-state index contributed by atoms with van der Waals surface area (Å²) < 4.78 is 3.69. The van der Waals surface area contributed by atoms with Gasteiger partial charge in [0.25, 0.3) is 0 Å². The lowest BCUT2D eigenvalue weighted by atomic mass is 10.3. The van der Waals surface area contributed by atoms with Crippen LogP contribution in [0.4, 0.5) is 0 Å². The maximum absolute atomic E-state index is 12.3. The number of carbonyl (C=O) groups excluding carboxylic acids is 1. The maximum Gasteiger partial charge on any atom is 0.242 e. The minimum absolute atomic E-state index is 0.0922. The smallest absolute Gasteiger partial charge is 0.242 e. The number of amides is 1. The van der Waals surface area contributed by atoms with Gasteiger partial charge in [-0.1, -0.05) is 12.8 Å². The summed E-state index contributed by atoms with van der Waals surface area (Å²) in [6.07, 6.45) is 8.70. The molecule has 7 nitrogen and oxygen atoms in total. The third-order valence-corrected chi connectivity index (χ3v) is 4.81. The van der Waals surface area contributed by atoms with Gasteiger partial charge in [0, 0.05) is 17.8 Å². The minimum atomic E-state index is -0.0922. The van der Waals surface area contributed by atoms with Crippen LogP contribution in [0.15, 0.2) is 30.6 Å². The maximum atomic E-state index is 12.3. The second-order valence-corrected chi connectivity index (χ2v) is 6.62. The summed E-state index contributed by atoms with van der Waals surface area (Å²) in [5.41, 5.74) is 2.51. The van der Waals surface area contributed by atoms with E-state index in [2.05, 4.69) is 20.5 Å². The number of pyridine rings is 1. The van der Waals surface area contributed by atoms with Gasteiger partial charge in [-0.2, -0.15) is 10.2 Å². The molecule has 0 aromatic carbocycles. The van der Waals surface area contributed by atoms with Crippen LogP contribution in [0.3, 0.4) is 0 Å². The monoisotopic (exact) mass is 338 g/mol. The molecule has 0 spiro atoms. The van der Waals surface area contributed by atoms with Crippen molar-refractivity contribution in [1.29, 1.82) is 0 Å². The number of rotatable bonds is 5. The second kappa shape index (κ2) is 6.66. The third-order valence-electron chi connectivity index (χ3n) is 4.81. The molecule has 1 aliphatic rings. The highest BCUT2D eigenvalue weighted by atomic mass is 16.2. The van der Waals surface area contributed by atoms with Crippen LogP contribution in [0.5, 0.6) is 0 Å². The molecule has 25 heavy (non-hydrogen) atoms. The van der Waals surface area contributed by atoms with Crippen molar-refractivity contribution in [2.24, 2.45) is 0 Å². The minimum Gasteiger partial charge on any atom is -0.349 e. The van der Waals surface area contributed by atoms with Gasteiger partial charge in [-0.3, -0.25) is 9.48 Å². The van der Waals surface area contributed by atoms with E-state index in [9.17, 15) is 4.79 Å². The highest BCUT2D eigenvalue weighted by Crippen LogP contribution is 2.28. The Hall–Kier alpha value is -2.70. The third kappa shape index (κ3) is 3.26. The molecule has 0 bridgehead atoms. The first-order valence-electron chi connectivity index (χ1n) is 8.79. The van der Waals surface area contributed by atoms with Crippen molar-refractivity contribution in [3.8, 4) is 0 Å². The van der Waals surface area contributed by atoms with Gasteiger partial charge in [0.1, 0.15) is 6.54 Å². The number of nitrogens with zero attached hydrogens (tertiary/aromatic N) is 5. The number of nitrogens with one attached hydrogen (secondary N) is 1. The predicted octanol–water partition coefficient (Wildman–Crippen LogP) is 2.37. The molecule has 1 fully saturated rings. The lowest BCUT2D eigenvalue weighted by molar-refractivity contribution is -0.121. The zero-order valence-corrected chi connectivity index (χ0v) is 14.4. The number of aryl methyl sites for hydroxylation is 1. The standard InChI is InChI=1S/C18H22N6O/c1-13-16-7-4-9-19-18(16)24(21-13)12-17(25)20-11-14-8-10-23(22-14)15-5-2-3-6-15/h4,7-10,15H,2-3,5-6,11-12H2,1H3,(H,20,25). The Labute approximate surface area is 146 Å². The Morgan fingerprint density at radius 3 is 2.96 bits per heavy atom. The number of hydrogen-bond acceptors (Lipinski definition) is 4. The van der Waals surface area contributed by atoms with Crippen molar-refractivity contribution >= 4 is 16.9 Å². The molecule has 0 radical (unpaired) electrons. The molecular formula is C18H22N6O. The van der Waals surface area contributed by atoms with Crippen LogP contribution in [0, 0.1) is 6.92 Å². The zero-order chi connectivity index (χ0) is 17.2. The average molecular weight is 338 g/mol. The zero-order valence-electron chi connectivity index (χ0n) is 14.4. The average Bonchev–Trinajstić information content (AvgIpc) is 3.34. The molecule has 130 valence electrons. The van der Waals surface area contributed by atoms with Crippen molar-refractivity contribution in [1.82, 2.24) is 29.9 Å². The first-order valence-corrected chi connectivity index (χ1v) is 8.79. The van der Waals surface area contributed by atoms with E-state index >= 15 is 0 Å². The molecule has 3 aromatic rings. The van der Waals surface area contributed by atoms with E-state index in [1.54, 1.807) is 10.9 Å². The van der Waals surface area contributed by atoms with Gasteiger partial charge >= 0.3 is 0 Å². The summed E-state index contributed by atoms with van der Waals surface area (Å²) >= 11 is 0. The highest BCUT2D eigenvalue weighted by molar-refractivity contribution is 5.81. The molecule has 4 rings (SSSR count). The van der Waals surface area contributed by atoms with Gasteiger partial charge in [0.05, 0.1) is 24.0 Å². The van der Waals surface area contributed by atoms with Crippen LogP contribution in [0.25, 0.3) is 11.0 Å². The summed E-state index contributed by atoms with van der Waals surface area (Å²) in [6.45, 7) is 2.52. The molecule has 1 aliphatic carbocycles. The van der Waals surface area contributed by atoms with Crippen molar-refractivity contribution in [3.05, 3.63) is 42.0 Å². The van der Waals surface area contributed by atoms with Gasteiger partial charge < -0.3 is 5.32 Å². The van der Waals surface area contributed by atoms with E-state index in [1.807, 2.05) is 36.0 Å². The van der Waals surface area contributed by atoms with Crippen LogP contribution in [0.2, 0.25) is 0 Å². The topological polar surface area (TPSA) is 77.6 Å². The van der Waals surface area contributed by atoms with E-state index in [0.717, 1.165) is 22.4 Å². The summed E-state index contributed by atoms with van der Waals surface area (Å²) in [5, 5.41) is 12.9. The normalized spacial score (nSPS) is 15.1. The Kier molecular flexibility index (Phi) is 4.21. The first-order chi connectivity index (χ1) is 12.2. The number of carbonyl (C=O) groups is 1. The van der Waals surface area contributed by atoms with E-state index in [1.165, 1.54) is 25.7 Å². The van der Waals surface area contributed by atoms with Crippen LogP contribution in [0.1, 0.15) is 43.1 Å². The first kappa shape index (κ1) is 15.8. The molecule has 3 aromatic heterocycles. The van der Waals surface area contributed by atoms with Crippen LogP contribution in [-0.4, -0.2) is 30.5 Å². The molecule has 0 aliphatic heterocycles. The highest BCUT2D eigenvalue weighted by Gasteiger charge is 2.17. The number of hydrogen-bond donors (Lipinski definition) is 1. The number of aromatic nitrogens is 5. The molecule has 0 atom stereocenters. The Morgan fingerprint density at radius 2 is 2.12 bits per heavy atom. The summed E-state index contributed by atoms with van der Waals surface area (Å²) in [4.78, 5) is 16.6. The molecule has 1 saturated carbocycles. The summed E-state index contributed by atoms with van der Waals surface area (Å²) in [6, 6.07) is 6.35. The van der Waals surface area contributed by atoms with Crippen molar-refractivity contribution in [2.75, 3.05) is 0 Å². The van der Waals surface area contributed by atoms with Gasteiger partial charge in [-0.05, 0) is 38.0 Å². The lowest BCUT2D eigenvalue weighted by Gasteiger charge is -2.09. The lowest BCUT2D eigenvalue weighted by Crippen LogP contribution is -2.28. The summed E-state index contributed by atoms with van der Waals surface area (Å²) in [7, 11) is 0. The quantitative estimate of drug-likeness (QED) is 0.775. The van der Waals surface area contributed by atoms with Gasteiger partial charge in [-0.15, -0.1) is 0 Å². The molecule has 3 heterocycles. The SMILES string of the molecule is Cc1nn(CC(=O)NCc2ccn(C3CCCC3)n2)c2ncccc12. The van der Waals surface area contributed by atoms with Crippen LogP contribution in [-0.2, 0) is 17.9 Å². The molecule has 0 unspecified atom stereocenters. The van der Waals surface area contributed by atoms with Crippen molar-refractivity contribution in [3.63, 3.8) is 0 Å². The molecule has 0 saturated heterocycles. The molecule has 7 heteroatoms. The molecular weight excluding hydrogens is 316 g/mol. The number of fused-ring (bicyclic) bond motifs is 1. The van der Waals surface area contributed by atoms with Crippen LogP contribution < -0.4 is 5.32 Å². The largest absolute Gasteiger partial charge is 0.349 e. The fourth-order valence-electron chi connectivity index (χ4n) is 3.50.